The van der Waals surface area contributed by atoms with E-state index in [-0.39, 0.29) is 6.10 Å². The molecule has 0 unspecified atom stereocenters. The first-order valence-electron chi connectivity index (χ1n) is 6.33. The van der Waals surface area contributed by atoms with Gasteiger partial charge in [0, 0.05) is 30.6 Å². The lowest BCUT2D eigenvalue weighted by atomic mass is 9.96. The van der Waals surface area contributed by atoms with Crippen molar-refractivity contribution < 1.29 is 9.53 Å². The molecule has 3 nitrogen and oxygen atoms in total. The molecule has 18 heavy (non-hydrogen) atoms. The van der Waals surface area contributed by atoms with Gasteiger partial charge < -0.3 is 4.74 Å². The molecule has 0 N–H and O–H groups in total. The highest BCUT2D eigenvalue weighted by Gasteiger charge is 2.19. The van der Waals surface area contributed by atoms with E-state index in [1.165, 1.54) is 0 Å². The number of Topliss-reactive ketones (excluding diaryl/α,β-unsaturated/α-hetero) is 1. The molecule has 92 valence electrons. The van der Waals surface area contributed by atoms with Crippen molar-refractivity contribution in [2.24, 2.45) is 0 Å². The Balaban J connectivity index is 1.76. The molecule has 1 heterocycles. The van der Waals surface area contributed by atoms with Crippen LogP contribution in [0, 0.1) is 0 Å². The maximum absolute atomic E-state index is 11.2. The Bertz CT molecular complexity index is 569. The molecule has 2 aromatic rings. The number of aromatic nitrogens is 1. The minimum atomic E-state index is 0.182. The van der Waals surface area contributed by atoms with Gasteiger partial charge in [-0.15, -0.1) is 0 Å². The minimum Gasteiger partial charge on any atom is -0.490 e. The second-order valence-electron chi connectivity index (χ2n) is 4.74. The third kappa shape index (κ3) is 2.35. The van der Waals surface area contributed by atoms with E-state index in [1.54, 1.807) is 6.20 Å². The van der Waals surface area contributed by atoms with Crippen molar-refractivity contribution in [3.05, 3.63) is 36.7 Å². The third-order valence-electron chi connectivity index (χ3n) is 3.41. The van der Waals surface area contributed by atoms with Gasteiger partial charge in [-0.3, -0.25) is 9.78 Å². The summed E-state index contributed by atoms with van der Waals surface area (Å²) in [6.07, 6.45) is 6.80. The number of carbonyl (C=O) groups excluding carboxylic acids is 1. The number of rotatable bonds is 2. The maximum Gasteiger partial charge on any atom is 0.133 e. The fraction of sp³-hybridized carbons (Fsp3) is 0.333. The van der Waals surface area contributed by atoms with E-state index in [0.29, 0.717) is 18.6 Å². The van der Waals surface area contributed by atoms with E-state index in [1.807, 2.05) is 30.5 Å². The van der Waals surface area contributed by atoms with Crippen LogP contribution in [-0.2, 0) is 4.79 Å². The molecule has 0 amide bonds. The van der Waals surface area contributed by atoms with Gasteiger partial charge in [-0.05, 0) is 42.5 Å². The zero-order valence-corrected chi connectivity index (χ0v) is 10.1. The van der Waals surface area contributed by atoms with E-state index < -0.39 is 0 Å². The lowest BCUT2D eigenvalue weighted by Crippen LogP contribution is -2.23. The molecule has 0 aliphatic heterocycles. The minimum absolute atomic E-state index is 0.182. The van der Waals surface area contributed by atoms with Gasteiger partial charge in [-0.25, -0.2) is 0 Å². The van der Waals surface area contributed by atoms with Crippen molar-refractivity contribution in [3.8, 4) is 5.75 Å². The van der Waals surface area contributed by atoms with Gasteiger partial charge in [0.15, 0.2) is 0 Å². The Morgan fingerprint density at radius 2 is 1.94 bits per heavy atom. The first-order chi connectivity index (χ1) is 8.81. The molecule has 1 aliphatic carbocycles. The topological polar surface area (TPSA) is 39.2 Å². The van der Waals surface area contributed by atoms with Crippen molar-refractivity contribution >= 4 is 16.6 Å². The Labute approximate surface area is 106 Å². The number of fused-ring (bicyclic) bond motifs is 1. The van der Waals surface area contributed by atoms with Gasteiger partial charge in [-0.1, -0.05) is 0 Å². The van der Waals surface area contributed by atoms with Crippen LogP contribution in [0.1, 0.15) is 25.7 Å². The van der Waals surface area contributed by atoms with Gasteiger partial charge in [0.05, 0.1) is 6.10 Å². The molecule has 0 radical (unpaired) electrons. The Morgan fingerprint density at radius 3 is 2.78 bits per heavy atom. The molecule has 3 heteroatoms. The number of hydrogen-bond acceptors (Lipinski definition) is 3. The zero-order valence-electron chi connectivity index (χ0n) is 10.1. The number of hydrogen-bond donors (Lipinski definition) is 0. The summed E-state index contributed by atoms with van der Waals surface area (Å²) in [6, 6.07) is 8.01. The highest BCUT2D eigenvalue weighted by atomic mass is 16.5. The summed E-state index contributed by atoms with van der Waals surface area (Å²) >= 11 is 0. The molecule has 3 rings (SSSR count). The molecule has 0 bridgehead atoms. The Hall–Kier alpha value is -1.90. The zero-order chi connectivity index (χ0) is 12.4. The number of carbonyl (C=O) groups is 1. The first kappa shape index (κ1) is 11.2. The summed E-state index contributed by atoms with van der Waals surface area (Å²) < 4.78 is 5.94. The average Bonchev–Trinajstić information content (AvgIpc) is 2.41. The van der Waals surface area contributed by atoms with Crippen molar-refractivity contribution in [1.29, 1.82) is 0 Å². The fourth-order valence-corrected chi connectivity index (χ4v) is 2.36. The normalized spacial score (nSPS) is 17.0. The highest BCUT2D eigenvalue weighted by Crippen LogP contribution is 2.24. The van der Waals surface area contributed by atoms with Crippen molar-refractivity contribution in [3.63, 3.8) is 0 Å². The number of pyridine rings is 1. The fourth-order valence-electron chi connectivity index (χ4n) is 2.36. The lowest BCUT2D eigenvalue weighted by molar-refractivity contribution is -0.121. The van der Waals surface area contributed by atoms with E-state index in [9.17, 15) is 4.79 Å². The van der Waals surface area contributed by atoms with Gasteiger partial charge in [-0.2, -0.15) is 0 Å². The van der Waals surface area contributed by atoms with Crippen LogP contribution in [0.5, 0.6) is 5.75 Å². The molecule has 1 fully saturated rings. The third-order valence-corrected chi connectivity index (χ3v) is 3.41. The van der Waals surface area contributed by atoms with Crippen LogP contribution in [0.25, 0.3) is 10.8 Å². The summed E-state index contributed by atoms with van der Waals surface area (Å²) in [5, 5.41) is 2.25. The summed E-state index contributed by atoms with van der Waals surface area (Å²) in [4.78, 5) is 15.3. The van der Waals surface area contributed by atoms with Crippen LogP contribution >= 0.6 is 0 Å². The van der Waals surface area contributed by atoms with Crippen LogP contribution in [-0.4, -0.2) is 16.9 Å². The van der Waals surface area contributed by atoms with E-state index >= 15 is 0 Å². The van der Waals surface area contributed by atoms with Gasteiger partial charge in [0.25, 0.3) is 0 Å². The standard InChI is InChI=1S/C15H15NO2/c17-13-2-5-14(6-3-13)18-15-4-1-12-10-16-8-7-11(12)9-15/h1,4,7-10,14H,2-3,5-6H2. The summed E-state index contributed by atoms with van der Waals surface area (Å²) in [5.41, 5.74) is 0. The molecule has 1 aromatic heterocycles. The molecular weight excluding hydrogens is 226 g/mol. The Morgan fingerprint density at radius 1 is 1.11 bits per heavy atom. The van der Waals surface area contributed by atoms with Gasteiger partial charge in [0.2, 0.25) is 0 Å². The van der Waals surface area contributed by atoms with E-state index in [4.69, 9.17) is 4.74 Å². The molecule has 0 atom stereocenters. The van der Waals surface area contributed by atoms with Crippen molar-refractivity contribution in [1.82, 2.24) is 4.98 Å². The predicted octanol–water partition coefficient (Wildman–Crippen LogP) is 3.13. The van der Waals surface area contributed by atoms with Crippen LogP contribution in [0.3, 0.4) is 0 Å². The maximum atomic E-state index is 11.2. The number of ketones is 1. The monoisotopic (exact) mass is 241 g/mol. The molecular formula is C15H15NO2. The second kappa shape index (κ2) is 4.77. The molecule has 0 spiro atoms. The predicted molar refractivity (Wildman–Crippen MR) is 69.6 cm³/mol. The van der Waals surface area contributed by atoms with Crippen LogP contribution < -0.4 is 4.74 Å². The molecule has 1 aromatic carbocycles. The molecule has 1 aliphatic rings. The number of nitrogens with zero attached hydrogens (tertiary/aromatic N) is 1. The second-order valence-corrected chi connectivity index (χ2v) is 4.74. The first-order valence-corrected chi connectivity index (χ1v) is 6.33. The molecule has 0 saturated heterocycles. The quantitative estimate of drug-likeness (QED) is 0.810. The molecule has 1 saturated carbocycles. The Kier molecular flexibility index (Phi) is 2.97. The van der Waals surface area contributed by atoms with Gasteiger partial charge in [0.1, 0.15) is 11.5 Å². The lowest BCUT2D eigenvalue weighted by Gasteiger charge is -2.22. The average molecular weight is 241 g/mol. The largest absolute Gasteiger partial charge is 0.490 e. The summed E-state index contributed by atoms with van der Waals surface area (Å²) in [7, 11) is 0. The summed E-state index contributed by atoms with van der Waals surface area (Å²) in [6.45, 7) is 0. The smallest absolute Gasteiger partial charge is 0.133 e. The van der Waals surface area contributed by atoms with Crippen LogP contribution in [0.2, 0.25) is 0 Å². The SMILES string of the molecule is O=C1CCC(Oc2ccc3cnccc3c2)CC1. The summed E-state index contributed by atoms with van der Waals surface area (Å²) in [5.74, 6) is 1.24. The number of benzene rings is 1. The highest BCUT2D eigenvalue weighted by molar-refractivity contribution is 5.82. The van der Waals surface area contributed by atoms with E-state index in [2.05, 4.69) is 4.98 Å². The van der Waals surface area contributed by atoms with Crippen molar-refractivity contribution in [2.75, 3.05) is 0 Å². The van der Waals surface area contributed by atoms with Crippen LogP contribution in [0.4, 0.5) is 0 Å². The van der Waals surface area contributed by atoms with Gasteiger partial charge >= 0.3 is 0 Å². The van der Waals surface area contributed by atoms with Crippen molar-refractivity contribution in [2.45, 2.75) is 31.8 Å². The van der Waals surface area contributed by atoms with E-state index in [0.717, 1.165) is 29.4 Å². The number of ether oxygens (including phenoxy) is 1. The van der Waals surface area contributed by atoms with Crippen LogP contribution in [0.15, 0.2) is 36.7 Å².